The number of benzene rings is 3. The topological polar surface area (TPSA) is 74.1 Å². The minimum absolute atomic E-state index is 0.0326. The number of hydrogen-bond acceptors (Lipinski definition) is 4. The molecule has 0 radical (unpaired) electrons. The summed E-state index contributed by atoms with van der Waals surface area (Å²) in [4.78, 5) is 12.4. The van der Waals surface area contributed by atoms with Gasteiger partial charge in [-0.25, -0.2) is 8.78 Å². The molecular weight excluding hydrogens is 432 g/mol. The van der Waals surface area contributed by atoms with E-state index >= 15 is 0 Å². The molecule has 0 aliphatic carbocycles. The number of hydrogen-bond donors (Lipinski definition) is 1. The standard InChI is InChI=1S/C24H21F2N3O2S/c25-18-10-17(11-19(26)13-18)14-28-15-24(32-23-6-2-1-5-21(23)29(30)31)20-8-7-16(4-3-9-27)12-22(20)28/h1-2,5-8,10-13,15H,3-4,9,14,27H2. The van der Waals surface area contributed by atoms with Gasteiger partial charge in [0.15, 0.2) is 0 Å². The first-order valence-corrected chi connectivity index (χ1v) is 10.9. The number of nitro groups is 1. The fourth-order valence-corrected chi connectivity index (χ4v) is 4.78. The summed E-state index contributed by atoms with van der Waals surface area (Å²) in [7, 11) is 0. The van der Waals surface area contributed by atoms with Crippen LogP contribution in [0.1, 0.15) is 17.5 Å². The van der Waals surface area contributed by atoms with Crippen LogP contribution in [0.15, 0.2) is 76.7 Å². The number of nitro benzene ring substituents is 1. The van der Waals surface area contributed by atoms with Crippen LogP contribution in [-0.2, 0) is 13.0 Å². The first-order valence-electron chi connectivity index (χ1n) is 10.1. The molecule has 1 heterocycles. The molecule has 0 saturated carbocycles. The number of aryl methyl sites for hydroxylation is 1. The molecule has 8 heteroatoms. The van der Waals surface area contributed by atoms with Gasteiger partial charge in [-0.2, -0.15) is 0 Å². The molecule has 4 rings (SSSR count). The Morgan fingerprint density at radius 2 is 1.72 bits per heavy atom. The molecule has 0 fully saturated rings. The van der Waals surface area contributed by atoms with E-state index in [-0.39, 0.29) is 12.2 Å². The zero-order chi connectivity index (χ0) is 22.7. The average molecular weight is 454 g/mol. The molecular formula is C24H21F2N3O2S. The number of nitrogens with zero attached hydrogens (tertiary/aromatic N) is 2. The minimum Gasteiger partial charge on any atom is -0.342 e. The van der Waals surface area contributed by atoms with Crippen molar-refractivity contribution in [1.82, 2.24) is 4.57 Å². The Hall–Kier alpha value is -3.23. The molecule has 0 aliphatic heterocycles. The fourth-order valence-electron chi connectivity index (χ4n) is 3.69. The van der Waals surface area contributed by atoms with E-state index < -0.39 is 16.6 Å². The molecule has 32 heavy (non-hydrogen) atoms. The molecule has 3 aromatic carbocycles. The number of fused-ring (bicyclic) bond motifs is 1. The maximum absolute atomic E-state index is 13.7. The predicted octanol–water partition coefficient (Wildman–Crippen LogP) is 5.92. The summed E-state index contributed by atoms with van der Waals surface area (Å²) in [5.41, 5.74) is 8.17. The Balaban J connectivity index is 1.78. The Labute approximate surface area is 188 Å². The number of rotatable bonds is 8. The van der Waals surface area contributed by atoms with Gasteiger partial charge in [0.25, 0.3) is 5.69 Å². The van der Waals surface area contributed by atoms with E-state index in [2.05, 4.69) is 0 Å². The number of halogens is 2. The second-order valence-electron chi connectivity index (χ2n) is 7.47. The van der Waals surface area contributed by atoms with Gasteiger partial charge < -0.3 is 10.3 Å². The van der Waals surface area contributed by atoms with Gasteiger partial charge >= 0.3 is 0 Å². The summed E-state index contributed by atoms with van der Waals surface area (Å²) < 4.78 is 29.4. The molecule has 0 spiro atoms. The van der Waals surface area contributed by atoms with Crippen LogP contribution >= 0.6 is 11.8 Å². The molecule has 5 nitrogen and oxygen atoms in total. The third-order valence-electron chi connectivity index (χ3n) is 5.14. The number of aromatic nitrogens is 1. The largest absolute Gasteiger partial charge is 0.342 e. The molecule has 2 N–H and O–H groups in total. The average Bonchev–Trinajstić information content (AvgIpc) is 3.08. The van der Waals surface area contributed by atoms with Crippen molar-refractivity contribution in [2.45, 2.75) is 29.2 Å². The van der Waals surface area contributed by atoms with Crippen molar-refractivity contribution in [1.29, 1.82) is 0 Å². The third kappa shape index (κ3) is 4.81. The Morgan fingerprint density at radius 1 is 0.969 bits per heavy atom. The van der Waals surface area contributed by atoms with E-state index in [1.807, 2.05) is 29.0 Å². The van der Waals surface area contributed by atoms with E-state index in [0.29, 0.717) is 17.0 Å². The second kappa shape index (κ2) is 9.50. The maximum Gasteiger partial charge on any atom is 0.283 e. The Kier molecular flexibility index (Phi) is 6.53. The number of para-hydroxylation sites is 1. The van der Waals surface area contributed by atoms with E-state index in [1.165, 1.54) is 30.0 Å². The van der Waals surface area contributed by atoms with E-state index in [4.69, 9.17) is 5.73 Å². The summed E-state index contributed by atoms with van der Waals surface area (Å²) in [6.07, 6.45) is 3.54. The van der Waals surface area contributed by atoms with Crippen molar-refractivity contribution < 1.29 is 13.7 Å². The van der Waals surface area contributed by atoms with E-state index in [1.54, 1.807) is 18.2 Å². The maximum atomic E-state index is 13.7. The highest BCUT2D eigenvalue weighted by Gasteiger charge is 2.17. The first-order chi connectivity index (χ1) is 15.4. The zero-order valence-electron chi connectivity index (χ0n) is 17.1. The molecule has 164 valence electrons. The van der Waals surface area contributed by atoms with Gasteiger partial charge in [-0.05, 0) is 54.8 Å². The molecule has 0 unspecified atom stereocenters. The lowest BCUT2D eigenvalue weighted by Gasteiger charge is -2.08. The lowest BCUT2D eigenvalue weighted by Crippen LogP contribution is -2.01. The first kappa shape index (κ1) is 22.0. The smallest absolute Gasteiger partial charge is 0.283 e. The summed E-state index contributed by atoms with van der Waals surface area (Å²) in [5, 5.41) is 12.4. The summed E-state index contributed by atoms with van der Waals surface area (Å²) in [6.45, 7) is 0.851. The summed E-state index contributed by atoms with van der Waals surface area (Å²) >= 11 is 1.30. The molecule has 1 aromatic heterocycles. The highest BCUT2D eigenvalue weighted by molar-refractivity contribution is 7.99. The van der Waals surface area contributed by atoms with Crippen LogP contribution in [0.2, 0.25) is 0 Å². The van der Waals surface area contributed by atoms with E-state index in [0.717, 1.165) is 40.3 Å². The van der Waals surface area contributed by atoms with Crippen molar-refractivity contribution in [3.63, 3.8) is 0 Å². The van der Waals surface area contributed by atoms with Crippen LogP contribution in [0.4, 0.5) is 14.5 Å². The Bertz CT molecular complexity index is 1270. The van der Waals surface area contributed by atoms with Gasteiger partial charge in [0, 0.05) is 40.7 Å². The monoisotopic (exact) mass is 453 g/mol. The molecule has 0 aliphatic rings. The third-order valence-corrected chi connectivity index (χ3v) is 6.25. The Morgan fingerprint density at radius 3 is 2.44 bits per heavy atom. The van der Waals surface area contributed by atoms with Crippen molar-refractivity contribution in [3.8, 4) is 0 Å². The van der Waals surface area contributed by atoms with Gasteiger partial charge in [0.2, 0.25) is 0 Å². The normalized spacial score (nSPS) is 11.2. The minimum atomic E-state index is -0.630. The van der Waals surface area contributed by atoms with Crippen LogP contribution in [0, 0.1) is 21.7 Å². The molecule has 0 saturated heterocycles. The van der Waals surface area contributed by atoms with Crippen LogP contribution in [0.3, 0.4) is 0 Å². The van der Waals surface area contributed by atoms with E-state index in [9.17, 15) is 18.9 Å². The second-order valence-corrected chi connectivity index (χ2v) is 8.55. The van der Waals surface area contributed by atoms with Gasteiger partial charge in [-0.3, -0.25) is 10.1 Å². The van der Waals surface area contributed by atoms with Gasteiger partial charge in [-0.15, -0.1) is 0 Å². The highest BCUT2D eigenvalue weighted by Crippen LogP contribution is 2.39. The quantitative estimate of drug-likeness (QED) is 0.266. The molecule has 0 amide bonds. The number of nitrogens with two attached hydrogens (primary N) is 1. The van der Waals surface area contributed by atoms with Crippen LogP contribution in [0.25, 0.3) is 10.9 Å². The van der Waals surface area contributed by atoms with Gasteiger partial charge in [-0.1, -0.05) is 36.0 Å². The van der Waals surface area contributed by atoms with Crippen LogP contribution in [0.5, 0.6) is 0 Å². The van der Waals surface area contributed by atoms with Gasteiger partial charge in [0.05, 0.1) is 9.82 Å². The molecule has 0 bridgehead atoms. The fraction of sp³-hybridized carbons (Fsp3) is 0.167. The summed E-state index contributed by atoms with van der Waals surface area (Å²) in [6, 6.07) is 16.1. The highest BCUT2D eigenvalue weighted by atomic mass is 32.2. The molecule has 4 aromatic rings. The van der Waals surface area contributed by atoms with Crippen molar-refractivity contribution in [3.05, 3.63) is 99.7 Å². The van der Waals surface area contributed by atoms with Crippen LogP contribution < -0.4 is 5.73 Å². The van der Waals surface area contributed by atoms with Crippen molar-refractivity contribution >= 4 is 28.4 Å². The molecule has 0 atom stereocenters. The predicted molar refractivity (Wildman–Crippen MR) is 122 cm³/mol. The lowest BCUT2D eigenvalue weighted by atomic mass is 10.1. The zero-order valence-corrected chi connectivity index (χ0v) is 17.9. The van der Waals surface area contributed by atoms with Crippen LogP contribution in [-0.4, -0.2) is 16.0 Å². The summed E-state index contributed by atoms with van der Waals surface area (Å²) in [5.74, 6) is -1.26. The van der Waals surface area contributed by atoms with Gasteiger partial charge in [0.1, 0.15) is 11.6 Å². The van der Waals surface area contributed by atoms with Crippen molar-refractivity contribution in [2.24, 2.45) is 5.73 Å². The van der Waals surface area contributed by atoms with Crippen molar-refractivity contribution in [2.75, 3.05) is 6.54 Å². The lowest BCUT2D eigenvalue weighted by molar-refractivity contribution is -0.387. The SMILES string of the molecule is NCCCc1ccc2c(Sc3ccccc3[N+](=O)[O-])cn(Cc3cc(F)cc(F)c3)c2c1.